The minimum atomic E-state index is -0.252. The van der Waals surface area contributed by atoms with Crippen LogP contribution < -0.4 is 5.32 Å². The molecule has 0 saturated carbocycles. The highest BCUT2D eigenvalue weighted by molar-refractivity contribution is 5.86. The van der Waals surface area contributed by atoms with E-state index < -0.39 is 0 Å². The van der Waals surface area contributed by atoms with E-state index in [1.807, 2.05) is 0 Å². The van der Waals surface area contributed by atoms with Crippen LogP contribution >= 0.6 is 0 Å². The molecule has 3 heteroatoms. The summed E-state index contributed by atoms with van der Waals surface area (Å²) in [5.41, 5.74) is 0.743. The van der Waals surface area contributed by atoms with Gasteiger partial charge in [0.1, 0.15) is 11.6 Å². The van der Waals surface area contributed by atoms with Crippen molar-refractivity contribution in [2.24, 2.45) is 5.41 Å². The predicted octanol–water partition coefficient (Wildman–Crippen LogP) is 2.72. The van der Waals surface area contributed by atoms with Crippen LogP contribution in [0.3, 0.4) is 0 Å². The molecule has 1 N–H and O–H groups in total. The highest BCUT2D eigenvalue weighted by Crippen LogP contribution is 2.34. The summed E-state index contributed by atoms with van der Waals surface area (Å²) in [7, 11) is 0. The number of hydrogen-bond donors (Lipinski definition) is 1. The fourth-order valence-electron chi connectivity index (χ4n) is 2.71. The second-order valence-electron chi connectivity index (χ2n) is 5.11. The van der Waals surface area contributed by atoms with Crippen molar-refractivity contribution in [1.82, 2.24) is 5.32 Å². The van der Waals surface area contributed by atoms with E-state index in [4.69, 9.17) is 0 Å². The molecule has 1 fully saturated rings. The van der Waals surface area contributed by atoms with Crippen LogP contribution in [0, 0.1) is 11.2 Å². The van der Waals surface area contributed by atoms with Crippen molar-refractivity contribution in [3.8, 4) is 0 Å². The molecule has 0 aliphatic carbocycles. The molecule has 0 unspecified atom stereocenters. The molecule has 0 aromatic heterocycles. The summed E-state index contributed by atoms with van der Waals surface area (Å²) in [5, 5.41) is 3.30. The molecule has 1 aliphatic rings. The minimum Gasteiger partial charge on any atom is -0.317 e. The summed E-state index contributed by atoms with van der Waals surface area (Å²) >= 11 is 0. The largest absolute Gasteiger partial charge is 0.317 e. The molecule has 0 atom stereocenters. The maximum atomic E-state index is 12.8. The smallest absolute Gasteiger partial charge is 0.143 e. The Morgan fingerprint density at radius 1 is 1.28 bits per heavy atom. The van der Waals surface area contributed by atoms with Crippen LogP contribution in [-0.2, 0) is 11.2 Å². The van der Waals surface area contributed by atoms with Crippen molar-refractivity contribution in [2.75, 3.05) is 13.1 Å². The predicted molar refractivity (Wildman–Crippen MR) is 69.9 cm³/mol. The number of carbonyl (C=O) groups excluding carboxylic acids is 1. The molecule has 1 aromatic rings. The van der Waals surface area contributed by atoms with Gasteiger partial charge in [0.2, 0.25) is 0 Å². The minimum absolute atomic E-state index is 0.167. The Balaban J connectivity index is 2.07. The van der Waals surface area contributed by atoms with Gasteiger partial charge in [-0.2, -0.15) is 0 Å². The van der Waals surface area contributed by atoms with Gasteiger partial charge in [-0.15, -0.1) is 0 Å². The first-order valence-corrected chi connectivity index (χ1v) is 6.65. The molecule has 2 rings (SSSR count). The van der Waals surface area contributed by atoms with Crippen LogP contribution in [-0.4, -0.2) is 18.9 Å². The van der Waals surface area contributed by atoms with Crippen molar-refractivity contribution in [2.45, 2.75) is 32.6 Å². The van der Waals surface area contributed by atoms with Gasteiger partial charge < -0.3 is 5.32 Å². The average Bonchev–Trinajstić information content (AvgIpc) is 2.42. The first-order chi connectivity index (χ1) is 8.66. The van der Waals surface area contributed by atoms with E-state index >= 15 is 0 Å². The van der Waals surface area contributed by atoms with Crippen molar-refractivity contribution >= 4 is 5.78 Å². The summed E-state index contributed by atoms with van der Waals surface area (Å²) in [6, 6.07) is 6.25. The second kappa shape index (κ2) is 5.61. The van der Waals surface area contributed by atoms with E-state index in [2.05, 4.69) is 12.2 Å². The molecule has 0 amide bonds. The maximum Gasteiger partial charge on any atom is 0.143 e. The fourth-order valence-corrected chi connectivity index (χ4v) is 2.71. The Kier molecular flexibility index (Phi) is 4.12. The van der Waals surface area contributed by atoms with Gasteiger partial charge in [-0.05, 0) is 50.0 Å². The SMILES string of the molecule is CCC1(C(=O)Cc2ccc(F)cc2)CCNCC1. The summed E-state index contributed by atoms with van der Waals surface area (Å²) in [4.78, 5) is 12.5. The molecule has 0 spiro atoms. The second-order valence-corrected chi connectivity index (χ2v) is 5.11. The third kappa shape index (κ3) is 2.78. The highest BCUT2D eigenvalue weighted by atomic mass is 19.1. The summed E-state index contributed by atoms with van der Waals surface area (Å²) in [6.45, 7) is 3.93. The number of rotatable bonds is 4. The fraction of sp³-hybridized carbons (Fsp3) is 0.533. The molecule has 1 aromatic carbocycles. The van der Waals surface area contributed by atoms with E-state index in [1.165, 1.54) is 12.1 Å². The average molecular weight is 249 g/mol. The van der Waals surface area contributed by atoms with Crippen molar-refractivity contribution in [3.05, 3.63) is 35.6 Å². The van der Waals surface area contributed by atoms with Gasteiger partial charge in [-0.3, -0.25) is 4.79 Å². The molecule has 1 heterocycles. The summed E-state index contributed by atoms with van der Waals surface area (Å²) < 4.78 is 12.8. The van der Waals surface area contributed by atoms with Crippen LogP contribution in [0.1, 0.15) is 31.7 Å². The Labute approximate surface area is 108 Å². The monoisotopic (exact) mass is 249 g/mol. The van der Waals surface area contributed by atoms with Gasteiger partial charge in [0.15, 0.2) is 0 Å². The lowest BCUT2D eigenvalue weighted by molar-refractivity contribution is -0.129. The Morgan fingerprint density at radius 3 is 2.44 bits per heavy atom. The number of benzene rings is 1. The molecular formula is C15H20FNO. The van der Waals surface area contributed by atoms with E-state index in [0.29, 0.717) is 12.2 Å². The van der Waals surface area contributed by atoms with Crippen molar-refractivity contribution in [1.29, 1.82) is 0 Å². The van der Waals surface area contributed by atoms with Crippen LogP contribution in [0.4, 0.5) is 4.39 Å². The highest BCUT2D eigenvalue weighted by Gasteiger charge is 2.36. The quantitative estimate of drug-likeness (QED) is 0.889. The molecule has 0 radical (unpaired) electrons. The normalized spacial score (nSPS) is 18.6. The molecular weight excluding hydrogens is 229 g/mol. The zero-order chi connectivity index (χ0) is 13.0. The van der Waals surface area contributed by atoms with E-state index in [9.17, 15) is 9.18 Å². The van der Waals surface area contributed by atoms with Gasteiger partial charge in [0.25, 0.3) is 0 Å². The van der Waals surface area contributed by atoms with E-state index in [0.717, 1.165) is 37.9 Å². The van der Waals surface area contributed by atoms with Crippen LogP contribution in [0.25, 0.3) is 0 Å². The Morgan fingerprint density at radius 2 is 1.89 bits per heavy atom. The third-order valence-electron chi connectivity index (χ3n) is 4.11. The number of carbonyl (C=O) groups is 1. The lowest BCUT2D eigenvalue weighted by atomic mass is 9.72. The van der Waals surface area contributed by atoms with Crippen molar-refractivity contribution in [3.63, 3.8) is 0 Å². The van der Waals surface area contributed by atoms with Gasteiger partial charge in [-0.25, -0.2) is 4.39 Å². The van der Waals surface area contributed by atoms with Gasteiger partial charge in [-0.1, -0.05) is 19.1 Å². The molecule has 2 nitrogen and oxygen atoms in total. The third-order valence-corrected chi connectivity index (χ3v) is 4.11. The first-order valence-electron chi connectivity index (χ1n) is 6.65. The van der Waals surface area contributed by atoms with Crippen LogP contribution in [0.15, 0.2) is 24.3 Å². The lowest BCUT2D eigenvalue weighted by Crippen LogP contribution is -2.42. The van der Waals surface area contributed by atoms with Gasteiger partial charge in [0, 0.05) is 11.8 Å². The van der Waals surface area contributed by atoms with E-state index in [1.54, 1.807) is 12.1 Å². The summed E-state index contributed by atoms with van der Waals surface area (Å²) in [5.74, 6) is 0.0522. The molecule has 18 heavy (non-hydrogen) atoms. The summed E-state index contributed by atoms with van der Waals surface area (Å²) in [6.07, 6.45) is 3.16. The van der Waals surface area contributed by atoms with Crippen LogP contribution in [0.2, 0.25) is 0 Å². The van der Waals surface area contributed by atoms with Gasteiger partial charge >= 0.3 is 0 Å². The van der Waals surface area contributed by atoms with Gasteiger partial charge in [0.05, 0.1) is 0 Å². The number of hydrogen-bond acceptors (Lipinski definition) is 2. The Hall–Kier alpha value is -1.22. The van der Waals surface area contributed by atoms with E-state index in [-0.39, 0.29) is 11.2 Å². The lowest BCUT2D eigenvalue weighted by Gasteiger charge is -2.35. The number of halogens is 1. The number of ketones is 1. The first kappa shape index (κ1) is 13.2. The number of Topliss-reactive ketones (excluding diaryl/α,β-unsaturated/α-hetero) is 1. The number of piperidine rings is 1. The molecule has 1 saturated heterocycles. The molecule has 98 valence electrons. The molecule has 1 aliphatic heterocycles. The maximum absolute atomic E-state index is 12.8. The zero-order valence-electron chi connectivity index (χ0n) is 10.8. The topological polar surface area (TPSA) is 29.1 Å². The standard InChI is InChI=1S/C15H20FNO/c1-2-15(7-9-17-10-8-15)14(18)11-12-3-5-13(16)6-4-12/h3-6,17H,2,7-11H2,1H3. The Bertz CT molecular complexity index is 407. The van der Waals surface area contributed by atoms with Crippen molar-refractivity contribution < 1.29 is 9.18 Å². The number of nitrogens with one attached hydrogen (secondary N) is 1. The van der Waals surface area contributed by atoms with Crippen LogP contribution in [0.5, 0.6) is 0 Å². The zero-order valence-corrected chi connectivity index (χ0v) is 10.8. The molecule has 0 bridgehead atoms.